The zero-order valence-electron chi connectivity index (χ0n) is 15.1. The summed E-state index contributed by atoms with van der Waals surface area (Å²) >= 11 is 0. The van der Waals surface area contributed by atoms with Crippen LogP contribution in [-0.2, 0) is 9.16 Å². The Hall–Kier alpha value is 0.0169. The Morgan fingerprint density at radius 3 is 2.23 bits per heavy atom. The van der Waals surface area contributed by atoms with E-state index in [2.05, 4.69) is 33.9 Å². The quantitative estimate of drug-likeness (QED) is 0.648. The maximum Gasteiger partial charge on any atom is 0.192 e. The average molecular weight is 335 g/mol. The summed E-state index contributed by atoms with van der Waals surface area (Å²) in [5, 5.41) is 29.4. The van der Waals surface area contributed by atoms with E-state index in [-0.39, 0.29) is 18.3 Å². The number of aliphatic hydroxyl groups is 3. The van der Waals surface area contributed by atoms with E-state index in [0.29, 0.717) is 12.8 Å². The normalized spacial score (nSPS) is 31.1. The van der Waals surface area contributed by atoms with Gasteiger partial charge in [0.05, 0.1) is 31.0 Å². The van der Waals surface area contributed by atoms with Crippen molar-refractivity contribution in [2.75, 3.05) is 13.2 Å². The largest absolute Gasteiger partial charge is 0.409 e. The third-order valence-electron chi connectivity index (χ3n) is 5.42. The maximum atomic E-state index is 10.2. The molecular weight excluding hydrogens is 300 g/mol. The first-order chi connectivity index (χ1) is 9.79. The van der Waals surface area contributed by atoms with E-state index in [0.717, 1.165) is 0 Å². The average Bonchev–Trinajstić information content (AvgIpc) is 2.79. The van der Waals surface area contributed by atoms with Gasteiger partial charge in [0.15, 0.2) is 8.32 Å². The first-order valence-electron chi connectivity index (χ1n) is 8.09. The lowest BCUT2D eigenvalue weighted by Crippen LogP contribution is -2.54. The van der Waals surface area contributed by atoms with Gasteiger partial charge < -0.3 is 24.5 Å². The molecule has 6 heteroatoms. The molecule has 3 N–H and O–H groups in total. The number of rotatable bonds is 6. The van der Waals surface area contributed by atoms with Crippen LogP contribution < -0.4 is 0 Å². The van der Waals surface area contributed by atoms with E-state index >= 15 is 0 Å². The summed E-state index contributed by atoms with van der Waals surface area (Å²) in [6.45, 7) is 13.8. The first kappa shape index (κ1) is 20.1. The molecule has 0 aliphatic carbocycles. The van der Waals surface area contributed by atoms with Crippen molar-refractivity contribution in [1.82, 2.24) is 0 Å². The molecule has 0 amide bonds. The summed E-state index contributed by atoms with van der Waals surface area (Å²) in [5.41, 5.74) is -1.91. The lowest BCUT2D eigenvalue weighted by Gasteiger charge is -2.44. The maximum absolute atomic E-state index is 10.2. The molecule has 5 nitrogen and oxygen atoms in total. The summed E-state index contributed by atoms with van der Waals surface area (Å²) in [7, 11) is -2.03. The molecular formula is C16H34O5Si. The third-order valence-corrected chi connectivity index (χ3v) is 9.90. The van der Waals surface area contributed by atoms with Crippen molar-refractivity contribution in [3.05, 3.63) is 0 Å². The molecule has 1 fully saturated rings. The van der Waals surface area contributed by atoms with Gasteiger partial charge in [-0.1, -0.05) is 20.8 Å². The van der Waals surface area contributed by atoms with Gasteiger partial charge in [-0.25, -0.2) is 0 Å². The fourth-order valence-corrected chi connectivity index (χ4v) is 3.91. The minimum Gasteiger partial charge on any atom is -0.409 e. The Morgan fingerprint density at radius 2 is 1.82 bits per heavy atom. The smallest absolute Gasteiger partial charge is 0.192 e. The van der Waals surface area contributed by atoms with Crippen LogP contribution in [-0.4, -0.2) is 60.3 Å². The summed E-state index contributed by atoms with van der Waals surface area (Å²) < 4.78 is 12.4. The Labute approximate surface area is 135 Å². The van der Waals surface area contributed by atoms with Crippen molar-refractivity contribution in [1.29, 1.82) is 0 Å². The van der Waals surface area contributed by atoms with Gasteiger partial charge in [-0.05, 0) is 44.8 Å². The van der Waals surface area contributed by atoms with Crippen molar-refractivity contribution in [3.63, 3.8) is 0 Å². The van der Waals surface area contributed by atoms with Crippen LogP contribution in [0.2, 0.25) is 18.1 Å². The van der Waals surface area contributed by atoms with E-state index in [1.807, 2.05) is 6.92 Å². The summed E-state index contributed by atoms with van der Waals surface area (Å²) in [6, 6.07) is 0. The highest BCUT2D eigenvalue weighted by Crippen LogP contribution is 2.43. The number of aliphatic hydroxyl groups excluding tert-OH is 2. The summed E-state index contributed by atoms with van der Waals surface area (Å²) in [5.74, 6) is 0. The van der Waals surface area contributed by atoms with Crippen LogP contribution in [0, 0.1) is 0 Å². The van der Waals surface area contributed by atoms with Gasteiger partial charge >= 0.3 is 0 Å². The molecule has 1 rings (SSSR count). The molecule has 0 aromatic rings. The predicted molar refractivity (Wildman–Crippen MR) is 89.4 cm³/mol. The lowest BCUT2D eigenvalue weighted by molar-refractivity contribution is -0.170. The van der Waals surface area contributed by atoms with E-state index in [1.165, 1.54) is 0 Å². The molecule has 0 spiro atoms. The number of ether oxygens (including phenoxy) is 1. The molecule has 132 valence electrons. The summed E-state index contributed by atoms with van der Waals surface area (Å²) in [4.78, 5) is 0. The molecule has 4 atom stereocenters. The first-order valence-corrected chi connectivity index (χ1v) is 11.0. The van der Waals surface area contributed by atoms with Crippen molar-refractivity contribution in [2.45, 2.75) is 89.0 Å². The van der Waals surface area contributed by atoms with E-state index < -0.39 is 31.7 Å². The van der Waals surface area contributed by atoms with Gasteiger partial charge in [-0.2, -0.15) is 0 Å². The van der Waals surface area contributed by atoms with Crippen molar-refractivity contribution < 1.29 is 24.5 Å². The minimum atomic E-state index is -2.03. The van der Waals surface area contributed by atoms with Crippen LogP contribution >= 0.6 is 0 Å². The Bertz CT molecular complexity index is 377. The number of hydrogen-bond acceptors (Lipinski definition) is 5. The fraction of sp³-hybridized carbons (Fsp3) is 1.00. The van der Waals surface area contributed by atoms with Crippen LogP contribution in [0.3, 0.4) is 0 Å². The van der Waals surface area contributed by atoms with E-state index in [1.54, 1.807) is 6.92 Å². The van der Waals surface area contributed by atoms with E-state index in [4.69, 9.17) is 9.16 Å². The van der Waals surface area contributed by atoms with Crippen molar-refractivity contribution in [3.8, 4) is 0 Å². The van der Waals surface area contributed by atoms with Crippen LogP contribution in [0.15, 0.2) is 0 Å². The molecule has 22 heavy (non-hydrogen) atoms. The van der Waals surface area contributed by atoms with Crippen LogP contribution in [0.4, 0.5) is 0 Å². The predicted octanol–water partition coefficient (Wildman–Crippen LogP) is 2.05. The zero-order chi connectivity index (χ0) is 17.4. The lowest BCUT2D eigenvalue weighted by atomic mass is 9.93. The molecule has 1 aliphatic heterocycles. The second-order valence-electron chi connectivity index (χ2n) is 8.52. The van der Waals surface area contributed by atoms with Gasteiger partial charge in [0.25, 0.3) is 0 Å². The van der Waals surface area contributed by atoms with Gasteiger partial charge in [0, 0.05) is 0 Å². The standard InChI is InChI=1S/C16H34O5Si/c1-14(2,3)22(6,7)21-13(10-17)16(5)9-8-12(20-16)15(4,19)11-18/h12-13,17-19H,8-11H2,1-7H3/t12-,13+,15+,16+/m1/s1. The molecule has 0 saturated carbocycles. The van der Waals surface area contributed by atoms with Gasteiger partial charge in [-0.15, -0.1) is 0 Å². The SMILES string of the molecule is CC(C)(C)[Si](C)(C)O[C@@H](CO)[C@]1(C)CC[C@H]([C@@](C)(O)CO)O1. The highest BCUT2D eigenvalue weighted by atomic mass is 28.4. The fourth-order valence-electron chi connectivity index (χ4n) is 2.52. The van der Waals surface area contributed by atoms with Gasteiger partial charge in [0.1, 0.15) is 5.60 Å². The highest BCUT2D eigenvalue weighted by molar-refractivity contribution is 6.74. The molecule has 1 saturated heterocycles. The van der Waals surface area contributed by atoms with Crippen molar-refractivity contribution >= 4 is 8.32 Å². The Balaban J connectivity index is 2.88. The minimum absolute atomic E-state index is 0.0470. The van der Waals surface area contributed by atoms with Crippen LogP contribution in [0.1, 0.15) is 47.5 Å². The van der Waals surface area contributed by atoms with E-state index in [9.17, 15) is 15.3 Å². The molecule has 1 heterocycles. The monoisotopic (exact) mass is 334 g/mol. The van der Waals surface area contributed by atoms with Gasteiger partial charge in [-0.3, -0.25) is 0 Å². The highest BCUT2D eigenvalue weighted by Gasteiger charge is 2.51. The number of hydrogen-bond donors (Lipinski definition) is 3. The summed E-state index contributed by atoms with van der Waals surface area (Å²) in [6.07, 6.45) is 0.460. The zero-order valence-corrected chi connectivity index (χ0v) is 16.1. The van der Waals surface area contributed by atoms with Crippen LogP contribution in [0.25, 0.3) is 0 Å². The van der Waals surface area contributed by atoms with Crippen molar-refractivity contribution in [2.24, 2.45) is 0 Å². The topological polar surface area (TPSA) is 79.2 Å². The second-order valence-corrected chi connectivity index (χ2v) is 13.3. The molecule has 0 bridgehead atoms. The van der Waals surface area contributed by atoms with Gasteiger partial charge in [0.2, 0.25) is 0 Å². The van der Waals surface area contributed by atoms with Crippen LogP contribution in [0.5, 0.6) is 0 Å². The molecule has 0 unspecified atom stereocenters. The molecule has 1 aliphatic rings. The molecule has 0 aromatic heterocycles. The molecule has 0 aromatic carbocycles. The Morgan fingerprint density at radius 1 is 1.27 bits per heavy atom. The Kier molecular flexibility index (Phi) is 5.92. The molecule has 0 radical (unpaired) electrons. The third kappa shape index (κ3) is 4.10. The second kappa shape index (κ2) is 6.49.